The largest absolute Gasteiger partial charge is 0.496 e. The third kappa shape index (κ3) is 4.57. The summed E-state index contributed by atoms with van der Waals surface area (Å²) in [6.07, 6.45) is 0.206. The highest BCUT2D eigenvalue weighted by Crippen LogP contribution is 2.18. The molecule has 0 spiro atoms. The molecule has 0 saturated carbocycles. The van der Waals surface area contributed by atoms with Crippen molar-refractivity contribution < 1.29 is 19.1 Å². The van der Waals surface area contributed by atoms with Gasteiger partial charge in [0.1, 0.15) is 12.3 Å². The molecule has 0 aliphatic carbocycles. The monoisotopic (exact) mass is 279 g/mol. The molecule has 0 saturated heterocycles. The zero-order valence-electron chi connectivity index (χ0n) is 12.2. The van der Waals surface area contributed by atoms with E-state index in [1.54, 1.807) is 14.0 Å². The van der Waals surface area contributed by atoms with Crippen LogP contribution in [0.2, 0.25) is 0 Å². The molecular formula is C15H21NO4. The first-order valence-corrected chi connectivity index (χ1v) is 6.67. The minimum Gasteiger partial charge on any atom is -0.496 e. The molecule has 1 amide bonds. The molecule has 1 aromatic carbocycles. The van der Waals surface area contributed by atoms with Crippen LogP contribution < -0.4 is 4.74 Å². The SMILES string of the molecule is CCOC(=O)CN(CC)C(=O)Cc1ccccc1OC. The van der Waals surface area contributed by atoms with Gasteiger partial charge in [-0.15, -0.1) is 0 Å². The standard InChI is InChI=1S/C15H21NO4/c1-4-16(11-15(18)20-5-2)14(17)10-12-8-6-7-9-13(12)19-3/h6-9H,4-5,10-11H2,1-3H3. The Morgan fingerprint density at radius 2 is 1.90 bits per heavy atom. The molecule has 1 rings (SSSR count). The lowest BCUT2D eigenvalue weighted by Crippen LogP contribution is -2.37. The lowest BCUT2D eigenvalue weighted by Gasteiger charge is -2.20. The second-order valence-corrected chi connectivity index (χ2v) is 4.20. The molecule has 0 radical (unpaired) electrons. The van der Waals surface area contributed by atoms with Crippen LogP contribution in [0.25, 0.3) is 0 Å². The molecule has 0 N–H and O–H groups in total. The van der Waals surface area contributed by atoms with Gasteiger partial charge in [-0.05, 0) is 19.9 Å². The first-order valence-electron chi connectivity index (χ1n) is 6.67. The van der Waals surface area contributed by atoms with Crippen molar-refractivity contribution in [2.75, 3.05) is 26.8 Å². The van der Waals surface area contributed by atoms with E-state index in [-0.39, 0.29) is 24.8 Å². The number of para-hydroxylation sites is 1. The fraction of sp³-hybridized carbons (Fsp3) is 0.467. The Hall–Kier alpha value is -2.04. The van der Waals surface area contributed by atoms with Crippen molar-refractivity contribution >= 4 is 11.9 Å². The highest BCUT2D eigenvalue weighted by Gasteiger charge is 2.17. The van der Waals surface area contributed by atoms with Crippen molar-refractivity contribution in [1.29, 1.82) is 0 Å². The average Bonchev–Trinajstić information content (AvgIpc) is 2.45. The van der Waals surface area contributed by atoms with Crippen LogP contribution >= 0.6 is 0 Å². The van der Waals surface area contributed by atoms with Crippen LogP contribution in [0, 0.1) is 0 Å². The van der Waals surface area contributed by atoms with E-state index in [0.29, 0.717) is 18.9 Å². The number of ether oxygens (including phenoxy) is 2. The van der Waals surface area contributed by atoms with E-state index >= 15 is 0 Å². The Morgan fingerprint density at radius 1 is 1.20 bits per heavy atom. The quantitative estimate of drug-likeness (QED) is 0.712. The number of likely N-dealkylation sites (N-methyl/N-ethyl adjacent to an activating group) is 1. The molecule has 110 valence electrons. The summed E-state index contributed by atoms with van der Waals surface area (Å²) in [5.74, 6) is 0.167. The van der Waals surface area contributed by atoms with Gasteiger partial charge in [-0.25, -0.2) is 0 Å². The average molecular weight is 279 g/mol. The predicted molar refractivity (Wildman–Crippen MR) is 75.6 cm³/mol. The normalized spacial score (nSPS) is 9.95. The molecular weight excluding hydrogens is 258 g/mol. The first-order chi connectivity index (χ1) is 9.62. The van der Waals surface area contributed by atoms with Crippen molar-refractivity contribution in [2.24, 2.45) is 0 Å². The van der Waals surface area contributed by atoms with Gasteiger partial charge >= 0.3 is 5.97 Å². The van der Waals surface area contributed by atoms with Crippen LogP contribution in [-0.4, -0.2) is 43.6 Å². The number of hydrogen-bond acceptors (Lipinski definition) is 4. The van der Waals surface area contributed by atoms with Crippen molar-refractivity contribution in [1.82, 2.24) is 4.90 Å². The van der Waals surface area contributed by atoms with E-state index < -0.39 is 0 Å². The van der Waals surface area contributed by atoms with Gasteiger partial charge in [0.05, 0.1) is 20.1 Å². The molecule has 0 aliphatic heterocycles. The predicted octanol–water partition coefficient (Wildman–Crippen LogP) is 1.65. The number of nitrogens with zero attached hydrogens (tertiary/aromatic N) is 1. The van der Waals surface area contributed by atoms with E-state index in [9.17, 15) is 9.59 Å². The Kier molecular flexibility index (Phi) is 6.56. The van der Waals surface area contributed by atoms with Crippen LogP contribution in [-0.2, 0) is 20.7 Å². The summed E-state index contributed by atoms with van der Waals surface area (Å²) in [6, 6.07) is 7.36. The third-order valence-electron chi connectivity index (χ3n) is 2.89. The Bertz CT molecular complexity index is 459. The number of carbonyl (C=O) groups excluding carboxylic acids is 2. The maximum Gasteiger partial charge on any atom is 0.325 e. The second-order valence-electron chi connectivity index (χ2n) is 4.20. The maximum atomic E-state index is 12.2. The highest BCUT2D eigenvalue weighted by molar-refractivity contribution is 5.84. The molecule has 1 aromatic rings. The van der Waals surface area contributed by atoms with Crippen molar-refractivity contribution in [3.05, 3.63) is 29.8 Å². The van der Waals surface area contributed by atoms with E-state index in [0.717, 1.165) is 5.56 Å². The molecule has 0 unspecified atom stereocenters. The summed E-state index contributed by atoms with van der Waals surface area (Å²) >= 11 is 0. The number of hydrogen-bond donors (Lipinski definition) is 0. The van der Waals surface area contributed by atoms with Gasteiger partial charge < -0.3 is 14.4 Å². The summed E-state index contributed by atoms with van der Waals surface area (Å²) in [7, 11) is 1.57. The molecule has 0 fully saturated rings. The highest BCUT2D eigenvalue weighted by atomic mass is 16.5. The van der Waals surface area contributed by atoms with Crippen molar-refractivity contribution in [2.45, 2.75) is 20.3 Å². The summed E-state index contributed by atoms with van der Waals surface area (Å²) in [5.41, 5.74) is 0.808. The molecule has 5 nitrogen and oxygen atoms in total. The van der Waals surface area contributed by atoms with Crippen LogP contribution in [0.15, 0.2) is 24.3 Å². The number of benzene rings is 1. The van der Waals surface area contributed by atoms with Gasteiger partial charge in [0.25, 0.3) is 0 Å². The smallest absolute Gasteiger partial charge is 0.325 e. The molecule has 0 aliphatic rings. The van der Waals surface area contributed by atoms with Gasteiger partial charge in [0, 0.05) is 12.1 Å². The number of esters is 1. The van der Waals surface area contributed by atoms with Gasteiger partial charge in [-0.3, -0.25) is 9.59 Å². The summed E-state index contributed by atoms with van der Waals surface area (Å²) in [5, 5.41) is 0. The van der Waals surface area contributed by atoms with E-state index in [1.165, 1.54) is 4.90 Å². The topological polar surface area (TPSA) is 55.8 Å². The van der Waals surface area contributed by atoms with E-state index in [1.807, 2.05) is 31.2 Å². The zero-order valence-corrected chi connectivity index (χ0v) is 12.2. The summed E-state index contributed by atoms with van der Waals surface area (Å²) in [6.45, 7) is 4.34. The molecule has 0 atom stereocenters. The molecule has 5 heteroatoms. The number of carbonyl (C=O) groups is 2. The maximum absolute atomic E-state index is 12.2. The van der Waals surface area contributed by atoms with Crippen LogP contribution in [0.4, 0.5) is 0 Å². The fourth-order valence-electron chi connectivity index (χ4n) is 1.86. The molecule has 20 heavy (non-hydrogen) atoms. The summed E-state index contributed by atoms with van der Waals surface area (Å²) < 4.78 is 10.1. The zero-order chi connectivity index (χ0) is 15.0. The number of rotatable bonds is 7. The van der Waals surface area contributed by atoms with Crippen molar-refractivity contribution in [3.8, 4) is 5.75 Å². The van der Waals surface area contributed by atoms with Crippen LogP contribution in [0.1, 0.15) is 19.4 Å². The van der Waals surface area contributed by atoms with Gasteiger partial charge in [0.15, 0.2) is 0 Å². The lowest BCUT2D eigenvalue weighted by atomic mass is 10.1. The minimum absolute atomic E-state index is 0.0156. The molecule has 0 bridgehead atoms. The minimum atomic E-state index is -0.386. The second kappa shape index (κ2) is 8.19. The van der Waals surface area contributed by atoms with Gasteiger partial charge in [-0.1, -0.05) is 18.2 Å². The third-order valence-corrected chi connectivity index (χ3v) is 2.89. The fourth-order valence-corrected chi connectivity index (χ4v) is 1.86. The van der Waals surface area contributed by atoms with E-state index in [2.05, 4.69) is 0 Å². The Morgan fingerprint density at radius 3 is 2.50 bits per heavy atom. The van der Waals surface area contributed by atoms with Crippen LogP contribution in [0.3, 0.4) is 0 Å². The van der Waals surface area contributed by atoms with Crippen LogP contribution in [0.5, 0.6) is 5.75 Å². The number of amides is 1. The lowest BCUT2D eigenvalue weighted by molar-refractivity contribution is -0.148. The van der Waals surface area contributed by atoms with Crippen molar-refractivity contribution in [3.63, 3.8) is 0 Å². The number of methoxy groups -OCH3 is 1. The summed E-state index contributed by atoms with van der Waals surface area (Å²) in [4.78, 5) is 25.1. The Balaban J connectivity index is 2.69. The molecule has 0 heterocycles. The van der Waals surface area contributed by atoms with Gasteiger partial charge in [-0.2, -0.15) is 0 Å². The van der Waals surface area contributed by atoms with Gasteiger partial charge in [0.2, 0.25) is 5.91 Å². The molecule has 0 aromatic heterocycles. The first kappa shape index (κ1) is 16.0. The van der Waals surface area contributed by atoms with E-state index in [4.69, 9.17) is 9.47 Å². The Labute approximate surface area is 119 Å².